The number of urea groups is 1. The Morgan fingerprint density at radius 2 is 1.85 bits per heavy atom. The van der Waals surface area contributed by atoms with E-state index in [1.54, 1.807) is 0 Å². The number of rotatable bonds is 8. The normalized spacial score (nSPS) is 13.2. The molecule has 0 aliphatic heterocycles. The fourth-order valence-electron chi connectivity index (χ4n) is 2.12. The zero-order chi connectivity index (χ0) is 15.9. The van der Waals surface area contributed by atoms with Gasteiger partial charge in [-0.15, -0.1) is 0 Å². The van der Waals surface area contributed by atoms with Crippen LogP contribution >= 0.6 is 0 Å². The van der Waals surface area contributed by atoms with Crippen molar-refractivity contribution < 1.29 is 14.7 Å². The lowest BCUT2D eigenvalue weighted by atomic mass is 9.93. The van der Waals surface area contributed by atoms with E-state index >= 15 is 0 Å². The molecule has 118 valence electrons. The van der Waals surface area contributed by atoms with E-state index in [9.17, 15) is 9.59 Å². The average Bonchev–Trinajstić information content (AvgIpc) is 2.30. The Kier molecular flexibility index (Phi) is 7.57. The summed E-state index contributed by atoms with van der Waals surface area (Å²) in [5.41, 5.74) is -0.0660. The molecule has 0 fully saturated rings. The molecule has 6 heteroatoms. The summed E-state index contributed by atoms with van der Waals surface area (Å²) in [6.45, 7) is 9.01. The van der Waals surface area contributed by atoms with Crippen molar-refractivity contribution in [2.45, 2.75) is 40.2 Å². The molecular formula is C14H29N3O3. The lowest BCUT2D eigenvalue weighted by Gasteiger charge is -2.31. The summed E-state index contributed by atoms with van der Waals surface area (Å²) in [5.74, 6) is -0.993. The monoisotopic (exact) mass is 287 g/mol. The maximum absolute atomic E-state index is 12.1. The molecule has 0 rings (SSSR count). The summed E-state index contributed by atoms with van der Waals surface area (Å²) in [7, 11) is 3.97. The molecule has 1 atom stereocenters. The number of carboxylic acid groups (broad SMARTS) is 1. The van der Waals surface area contributed by atoms with E-state index in [2.05, 4.69) is 24.1 Å². The maximum Gasteiger partial charge on any atom is 0.323 e. The van der Waals surface area contributed by atoms with Gasteiger partial charge in [0.15, 0.2) is 0 Å². The van der Waals surface area contributed by atoms with Crippen molar-refractivity contribution in [1.82, 2.24) is 15.1 Å². The van der Waals surface area contributed by atoms with Crippen molar-refractivity contribution in [2.24, 2.45) is 5.41 Å². The lowest BCUT2D eigenvalue weighted by molar-refractivity contribution is -0.138. The molecule has 0 bridgehead atoms. The summed E-state index contributed by atoms with van der Waals surface area (Å²) in [6.07, 6.45) is 0.724. The van der Waals surface area contributed by atoms with Gasteiger partial charge < -0.3 is 20.2 Å². The van der Waals surface area contributed by atoms with Crippen LogP contribution < -0.4 is 5.32 Å². The van der Waals surface area contributed by atoms with Gasteiger partial charge in [0.25, 0.3) is 0 Å². The van der Waals surface area contributed by atoms with Crippen LogP contribution in [0.3, 0.4) is 0 Å². The molecule has 0 aromatic rings. The van der Waals surface area contributed by atoms with Gasteiger partial charge in [0.1, 0.15) is 6.54 Å². The highest BCUT2D eigenvalue weighted by molar-refractivity contribution is 5.80. The molecule has 0 saturated carbocycles. The van der Waals surface area contributed by atoms with Gasteiger partial charge >= 0.3 is 12.0 Å². The number of aliphatic carboxylic acids is 1. The highest BCUT2D eigenvalue weighted by atomic mass is 16.4. The summed E-state index contributed by atoms with van der Waals surface area (Å²) < 4.78 is 0. The second-order valence-corrected chi connectivity index (χ2v) is 6.34. The van der Waals surface area contributed by atoms with Gasteiger partial charge in [-0.25, -0.2) is 4.79 Å². The Bertz CT molecular complexity index is 330. The Balaban J connectivity index is 4.57. The quantitative estimate of drug-likeness (QED) is 0.709. The molecule has 0 aliphatic carbocycles. The topological polar surface area (TPSA) is 72.9 Å². The van der Waals surface area contributed by atoms with Crippen molar-refractivity contribution in [3.8, 4) is 0 Å². The van der Waals surface area contributed by atoms with Crippen molar-refractivity contribution in [1.29, 1.82) is 0 Å². The van der Waals surface area contributed by atoms with E-state index in [0.717, 1.165) is 13.0 Å². The van der Waals surface area contributed by atoms with E-state index in [1.807, 2.05) is 27.9 Å². The number of carboxylic acids is 1. The van der Waals surface area contributed by atoms with Gasteiger partial charge in [0.05, 0.1) is 0 Å². The van der Waals surface area contributed by atoms with Crippen LogP contribution in [0.2, 0.25) is 0 Å². The van der Waals surface area contributed by atoms with Gasteiger partial charge in [0.2, 0.25) is 0 Å². The van der Waals surface area contributed by atoms with Crippen LogP contribution in [0.1, 0.15) is 34.1 Å². The second-order valence-electron chi connectivity index (χ2n) is 6.34. The average molecular weight is 287 g/mol. The molecule has 2 amide bonds. The first-order valence-corrected chi connectivity index (χ1v) is 7.00. The van der Waals surface area contributed by atoms with Crippen LogP contribution in [0.5, 0.6) is 0 Å². The molecule has 6 nitrogen and oxygen atoms in total. The minimum atomic E-state index is -0.993. The molecule has 1 unspecified atom stereocenters. The third-order valence-corrected chi connectivity index (χ3v) is 3.15. The summed E-state index contributed by atoms with van der Waals surface area (Å²) in [5, 5.41) is 11.7. The fraction of sp³-hybridized carbons (Fsp3) is 0.857. The molecule has 0 saturated heterocycles. The molecule has 0 aromatic carbocycles. The minimum absolute atomic E-state index is 0.0660. The number of carbonyl (C=O) groups excluding carboxylic acids is 1. The zero-order valence-corrected chi connectivity index (χ0v) is 13.6. The highest BCUT2D eigenvalue weighted by Gasteiger charge is 2.24. The van der Waals surface area contributed by atoms with Gasteiger partial charge in [-0.2, -0.15) is 0 Å². The van der Waals surface area contributed by atoms with Crippen LogP contribution in [0.4, 0.5) is 4.79 Å². The van der Waals surface area contributed by atoms with E-state index in [1.165, 1.54) is 4.90 Å². The van der Waals surface area contributed by atoms with E-state index in [0.29, 0.717) is 6.54 Å². The van der Waals surface area contributed by atoms with Gasteiger partial charge in [-0.05, 0) is 32.9 Å². The first-order chi connectivity index (χ1) is 9.09. The van der Waals surface area contributed by atoms with Crippen LogP contribution in [0.25, 0.3) is 0 Å². The van der Waals surface area contributed by atoms with Gasteiger partial charge in [0, 0.05) is 19.1 Å². The smallest absolute Gasteiger partial charge is 0.323 e. The van der Waals surface area contributed by atoms with Crippen LogP contribution in [0, 0.1) is 5.41 Å². The van der Waals surface area contributed by atoms with E-state index in [-0.39, 0.29) is 24.0 Å². The van der Waals surface area contributed by atoms with Crippen LogP contribution in [-0.4, -0.2) is 66.7 Å². The van der Waals surface area contributed by atoms with Crippen molar-refractivity contribution >= 4 is 12.0 Å². The Labute approximate surface area is 122 Å². The minimum Gasteiger partial charge on any atom is -0.480 e. The summed E-state index contributed by atoms with van der Waals surface area (Å²) >= 11 is 0. The first-order valence-electron chi connectivity index (χ1n) is 7.00. The van der Waals surface area contributed by atoms with Gasteiger partial charge in [-0.3, -0.25) is 4.79 Å². The largest absolute Gasteiger partial charge is 0.480 e. The van der Waals surface area contributed by atoms with Crippen molar-refractivity contribution in [3.05, 3.63) is 0 Å². The van der Waals surface area contributed by atoms with E-state index in [4.69, 9.17) is 5.11 Å². The molecule has 0 aromatic heterocycles. The number of nitrogens with one attached hydrogen (secondary N) is 1. The molecule has 0 heterocycles. The second kappa shape index (κ2) is 8.09. The van der Waals surface area contributed by atoms with Crippen molar-refractivity contribution in [3.63, 3.8) is 0 Å². The van der Waals surface area contributed by atoms with Crippen LogP contribution in [0.15, 0.2) is 0 Å². The zero-order valence-electron chi connectivity index (χ0n) is 13.6. The number of amides is 2. The molecule has 0 aliphatic rings. The molecule has 2 N–H and O–H groups in total. The predicted octanol–water partition coefficient (Wildman–Crippen LogP) is 1.47. The maximum atomic E-state index is 12.1. The third kappa shape index (κ3) is 7.33. The molecular weight excluding hydrogens is 258 g/mol. The first kappa shape index (κ1) is 18.7. The number of nitrogens with zero attached hydrogens (tertiary/aromatic N) is 2. The SMILES string of the molecule is CCC(C)N(CC(=O)O)C(=O)NCC(C)(C)CN(C)C. The number of hydrogen-bond acceptors (Lipinski definition) is 3. The number of hydrogen-bond donors (Lipinski definition) is 2. The van der Waals surface area contributed by atoms with E-state index < -0.39 is 5.97 Å². The fourth-order valence-corrected chi connectivity index (χ4v) is 2.12. The molecule has 0 radical (unpaired) electrons. The summed E-state index contributed by atoms with van der Waals surface area (Å²) in [4.78, 5) is 26.4. The Morgan fingerprint density at radius 3 is 2.25 bits per heavy atom. The molecule has 0 spiro atoms. The van der Waals surface area contributed by atoms with Crippen molar-refractivity contribution in [2.75, 3.05) is 33.7 Å². The molecule has 20 heavy (non-hydrogen) atoms. The highest BCUT2D eigenvalue weighted by Crippen LogP contribution is 2.14. The Hall–Kier alpha value is -1.30. The van der Waals surface area contributed by atoms with Gasteiger partial charge in [-0.1, -0.05) is 20.8 Å². The third-order valence-electron chi connectivity index (χ3n) is 3.15. The lowest BCUT2D eigenvalue weighted by Crippen LogP contribution is -2.50. The Morgan fingerprint density at radius 1 is 1.30 bits per heavy atom. The predicted molar refractivity (Wildman–Crippen MR) is 79.8 cm³/mol. The number of carbonyl (C=O) groups is 2. The standard InChI is InChI=1S/C14H29N3O3/c1-7-11(2)17(8-12(18)19)13(20)15-9-14(3,4)10-16(5)6/h11H,7-10H2,1-6H3,(H,15,20)(H,18,19). The summed E-state index contributed by atoms with van der Waals surface area (Å²) in [6, 6.07) is -0.406. The van der Waals surface area contributed by atoms with Crippen LogP contribution in [-0.2, 0) is 4.79 Å².